The van der Waals surface area contributed by atoms with Crippen molar-refractivity contribution in [3.63, 3.8) is 0 Å². The smallest absolute Gasteiger partial charge is 0.265 e. The Morgan fingerprint density at radius 1 is 1.03 bits per heavy atom. The first-order chi connectivity index (χ1) is 16.5. The number of carbonyl (C=O) groups excluding carboxylic acids is 2. The number of sulfonamides is 1. The van der Waals surface area contributed by atoms with E-state index in [1.54, 1.807) is 23.1 Å². The first-order valence-corrected chi connectivity index (χ1v) is 14.5. The predicted octanol–water partition coefficient (Wildman–Crippen LogP) is 4.66. The van der Waals surface area contributed by atoms with E-state index in [1.165, 1.54) is 15.4 Å². The average molecular weight is 625 g/mol. The highest BCUT2D eigenvalue weighted by molar-refractivity contribution is 9.10. The Kier molecular flexibility index (Phi) is 7.45. The number of rotatable bonds is 6. The van der Waals surface area contributed by atoms with Gasteiger partial charge in [0.15, 0.2) is 0 Å². The molecule has 4 rings (SSSR count). The summed E-state index contributed by atoms with van der Waals surface area (Å²) in [5.41, 5.74) is 1.56. The second-order valence-electron chi connectivity index (χ2n) is 8.87. The number of aryl methyl sites for hydroxylation is 1. The monoisotopic (exact) mass is 623 g/mol. The molecule has 7 nitrogen and oxygen atoms in total. The minimum Gasteiger partial charge on any atom is -0.311 e. The number of nitrogens with zero attached hydrogens (tertiary/aromatic N) is 3. The lowest BCUT2D eigenvalue weighted by atomic mass is 10.00. The van der Waals surface area contributed by atoms with Crippen molar-refractivity contribution in [2.75, 3.05) is 6.54 Å². The summed E-state index contributed by atoms with van der Waals surface area (Å²) in [7, 11) is -3.98. The second kappa shape index (κ2) is 10.1. The molecule has 0 saturated carbocycles. The molecule has 2 aliphatic rings. The van der Waals surface area contributed by atoms with Crippen LogP contribution in [0.15, 0.2) is 68.3 Å². The van der Waals surface area contributed by atoms with Crippen molar-refractivity contribution >= 4 is 53.7 Å². The molecule has 35 heavy (non-hydrogen) atoms. The first kappa shape index (κ1) is 25.9. The van der Waals surface area contributed by atoms with Crippen molar-refractivity contribution in [2.24, 2.45) is 0 Å². The second-order valence-corrected chi connectivity index (χ2v) is 12.5. The SMILES string of the molecule is CCc1cc(Br)ccc1S(=O)(=O)N1CCC(=O)N2C1=CN(C(C)C)C(=O)C2Cc1ccc(Br)cc1. The number of hydrogen-bond donors (Lipinski definition) is 0. The lowest BCUT2D eigenvalue weighted by molar-refractivity contribution is -0.148. The maximum Gasteiger partial charge on any atom is 0.265 e. The van der Waals surface area contributed by atoms with Gasteiger partial charge in [0.1, 0.15) is 11.9 Å². The maximum atomic E-state index is 13.9. The molecule has 0 aliphatic carbocycles. The van der Waals surface area contributed by atoms with Crippen molar-refractivity contribution in [1.82, 2.24) is 14.1 Å². The number of benzene rings is 2. The third-order valence-electron chi connectivity index (χ3n) is 6.28. The molecule has 186 valence electrons. The van der Waals surface area contributed by atoms with Gasteiger partial charge >= 0.3 is 0 Å². The normalized spacial score (nSPS) is 18.7. The minimum absolute atomic E-state index is 0.000350. The van der Waals surface area contributed by atoms with E-state index < -0.39 is 16.1 Å². The van der Waals surface area contributed by atoms with Crippen LogP contribution >= 0.6 is 31.9 Å². The summed E-state index contributed by atoms with van der Waals surface area (Å²) in [6.07, 6.45) is 2.33. The van der Waals surface area contributed by atoms with E-state index >= 15 is 0 Å². The van der Waals surface area contributed by atoms with Crippen LogP contribution in [-0.2, 0) is 32.5 Å². The Bertz CT molecular complexity index is 1290. The van der Waals surface area contributed by atoms with E-state index in [9.17, 15) is 18.0 Å². The molecule has 2 aromatic rings. The summed E-state index contributed by atoms with van der Waals surface area (Å²) in [6, 6.07) is 11.6. The predicted molar refractivity (Wildman–Crippen MR) is 141 cm³/mol. The summed E-state index contributed by atoms with van der Waals surface area (Å²) >= 11 is 6.84. The number of hydrogen-bond acceptors (Lipinski definition) is 4. The van der Waals surface area contributed by atoms with Crippen LogP contribution in [0.5, 0.6) is 0 Å². The molecule has 1 unspecified atom stereocenters. The zero-order chi connectivity index (χ0) is 25.5. The van der Waals surface area contributed by atoms with Gasteiger partial charge in [-0.3, -0.25) is 14.5 Å². The zero-order valence-corrected chi connectivity index (χ0v) is 23.7. The third-order valence-corrected chi connectivity index (χ3v) is 9.20. The van der Waals surface area contributed by atoms with Gasteiger partial charge in [-0.05, 0) is 61.7 Å². The van der Waals surface area contributed by atoms with Gasteiger partial charge in [-0.15, -0.1) is 0 Å². The molecule has 0 radical (unpaired) electrons. The number of carbonyl (C=O) groups is 2. The van der Waals surface area contributed by atoms with Crippen molar-refractivity contribution < 1.29 is 18.0 Å². The molecule has 10 heteroatoms. The molecule has 2 heterocycles. The van der Waals surface area contributed by atoms with Gasteiger partial charge < -0.3 is 4.90 Å². The molecular weight excluding hydrogens is 598 g/mol. The summed E-state index contributed by atoms with van der Waals surface area (Å²) in [5, 5.41) is 0. The maximum absolute atomic E-state index is 13.9. The number of amides is 2. The molecule has 0 spiro atoms. The number of fused-ring (bicyclic) bond motifs is 1. The van der Waals surface area contributed by atoms with Crippen LogP contribution in [0.3, 0.4) is 0 Å². The van der Waals surface area contributed by atoms with Gasteiger partial charge in [0, 0.05) is 40.6 Å². The molecule has 0 bridgehead atoms. The summed E-state index contributed by atoms with van der Waals surface area (Å²) in [6.45, 7) is 5.66. The lowest BCUT2D eigenvalue weighted by Gasteiger charge is -2.47. The fraction of sp³-hybridized carbons (Fsp3) is 0.360. The van der Waals surface area contributed by atoms with E-state index in [2.05, 4.69) is 31.9 Å². The highest BCUT2D eigenvalue weighted by Crippen LogP contribution is 2.35. The van der Waals surface area contributed by atoms with E-state index in [1.807, 2.05) is 45.0 Å². The Balaban J connectivity index is 1.81. The fourth-order valence-corrected chi connectivity index (χ4v) is 6.87. The average Bonchev–Trinajstić information content (AvgIpc) is 2.81. The van der Waals surface area contributed by atoms with E-state index in [-0.39, 0.29) is 48.0 Å². The van der Waals surface area contributed by atoms with Crippen LogP contribution in [0, 0.1) is 0 Å². The summed E-state index contributed by atoms with van der Waals surface area (Å²) < 4.78 is 30.8. The highest BCUT2D eigenvalue weighted by Gasteiger charge is 2.46. The molecule has 0 N–H and O–H groups in total. The molecule has 0 aromatic heterocycles. The summed E-state index contributed by atoms with van der Waals surface area (Å²) in [4.78, 5) is 29.8. The molecule has 1 atom stereocenters. The van der Waals surface area contributed by atoms with Gasteiger partial charge in [-0.25, -0.2) is 12.7 Å². The summed E-state index contributed by atoms with van der Waals surface area (Å²) in [5.74, 6) is -0.258. The molecule has 1 fully saturated rings. The topological polar surface area (TPSA) is 78.0 Å². The van der Waals surface area contributed by atoms with E-state index in [4.69, 9.17) is 0 Å². The highest BCUT2D eigenvalue weighted by atomic mass is 79.9. The van der Waals surface area contributed by atoms with Crippen LogP contribution in [0.4, 0.5) is 0 Å². The fourth-order valence-electron chi connectivity index (χ4n) is 4.47. The molecule has 2 aromatic carbocycles. The largest absolute Gasteiger partial charge is 0.311 e. The minimum atomic E-state index is -3.98. The molecule has 2 amide bonds. The van der Waals surface area contributed by atoms with Gasteiger partial charge in [0.05, 0.1) is 4.90 Å². The molecule has 1 saturated heterocycles. The van der Waals surface area contributed by atoms with Gasteiger partial charge in [-0.1, -0.05) is 50.9 Å². The first-order valence-electron chi connectivity index (χ1n) is 11.5. The van der Waals surface area contributed by atoms with E-state index in [0.717, 1.165) is 14.5 Å². The van der Waals surface area contributed by atoms with Gasteiger partial charge in [0.25, 0.3) is 10.0 Å². The van der Waals surface area contributed by atoms with Crippen molar-refractivity contribution in [2.45, 2.75) is 57.0 Å². The van der Waals surface area contributed by atoms with Gasteiger partial charge in [0.2, 0.25) is 11.8 Å². The van der Waals surface area contributed by atoms with Crippen molar-refractivity contribution in [1.29, 1.82) is 0 Å². The Morgan fingerprint density at radius 2 is 1.69 bits per heavy atom. The number of halogens is 2. The zero-order valence-electron chi connectivity index (χ0n) is 19.7. The molecular formula is C25H27Br2N3O4S. The standard InChI is InChI=1S/C25H27Br2N3O4S/c1-4-18-14-20(27)9-10-22(18)35(33,34)29-12-11-24(31)30-21(13-17-5-7-19(26)8-6-17)25(32)28(16(2)3)15-23(29)30/h5-10,14-16,21H,4,11-13H2,1-3H3. The Hall–Kier alpha value is -2.17. The van der Waals surface area contributed by atoms with Crippen LogP contribution in [-0.4, -0.2) is 53.0 Å². The Labute approximate surface area is 223 Å². The van der Waals surface area contributed by atoms with Crippen LogP contribution in [0.2, 0.25) is 0 Å². The van der Waals surface area contributed by atoms with Crippen LogP contribution in [0.25, 0.3) is 0 Å². The quantitative estimate of drug-likeness (QED) is 0.469. The van der Waals surface area contributed by atoms with Crippen molar-refractivity contribution in [3.8, 4) is 0 Å². The third kappa shape index (κ3) is 4.93. The van der Waals surface area contributed by atoms with Crippen molar-refractivity contribution in [3.05, 3.63) is 74.6 Å². The molecule has 2 aliphatic heterocycles. The lowest BCUT2D eigenvalue weighted by Crippen LogP contribution is -2.61. The Morgan fingerprint density at radius 3 is 2.31 bits per heavy atom. The van der Waals surface area contributed by atoms with Crippen LogP contribution in [0.1, 0.15) is 38.3 Å². The van der Waals surface area contributed by atoms with Gasteiger partial charge in [-0.2, -0.15) is 0 Å². The van der Waals surface area contributed by atoms with Crippen LogP contribution < -0.4 is 0 Å². The van der Waals surface area contributed by atoms with E-state index in [0.29, 0.717) is 12.0 Å².